The minimum Gasteiger partial charge on any atom is -0.504 e. The van der Waals surface area contributed by atoms with Crippen molar-refractivity contribution in [3.05, 3.63) is 29.6 Å². The third-order valence-corrected chi connectivity index (χ3v) is 1.76. The number of phenolic OH excluding ortho intramolecular Hbond substituents is 2. The van der Waals surface area contributed by atoms with E-state index in [2.05, 4.69) is 9.79 Å². The molecule has 2 rings (SSSR count). The molecule has 0 unspecified atom stereocenters. The molecule has 2 aromatic rings. The summed E-state index contributed by atoms with van der Waals surface area (Å²) in [4.78, 5) is 0.214. The van der Waals surface area contributed by atoms with Crippen LogP contribution in [-0.2, 0) is 0 Å². The highest BCUT2D eigenvalue weighted by Crippen LogP contribution is 2.28. The van der Waals surface area contributed by atoms with Gasteiger partial charge < -0.3 is 15.4 Å². The van der Waals surface area contributed by atoms with Gasteiger partial charge in [0.2, 0.25) is 11.9 Å². The van der Waals surface area contributed by atoms with Crippen molar-refractivity contribution in [2.24, 2.45) is 0 Å². The van der Waals surface area contributed by atoms with Crippen LogP contribution in [0.15, 0.2) is 29.0 Å². The van der Waals surface area contributed by atoms with Gasteiger partial charge in [0.05, 0.1) is 0 Å². The van der Waals surface area contributed by atoms with Crippen LogP contribution in [0.2, 0.25) is 0 Å². The van der Waals surface area contributed by atoms with E-state index in [1.807, 2.05) is 0 Å². The zero-order chi connectivity index (χ0) is 10.1. The molecule has 0 radical (unpaired) electrons. The van der Waals surface area contributed by atoms with Crippen molar-refractivity contribution >= 4 is 0 Å². The van der Waals surface area contributed by atoms with E-state index in [9.17, 15) is 10.3 Å². The summed E-state index contributed by atoms with van der Waals surface area (Å²) in [6.07, 6.45) is 1.22. The van der Waals surface area contributed by atoms with E-state index in [1.54, 1.807) is 0 Å². The van der Waals surface area contributed by atoms with Gasteiger partial charge in [0.1, 0.15) is 0 Å². The maximum absolute atomic E-state index is 11.0. The van der Waals surface area contributed by atoms with Gasteiger partial charge >= 0.3 is 0 Å². The van der Waals surface area contributed by atoms with Crippen LogP contribution in [0, 0.1) is 5.21 Å². The molecule has 1 aromatic carbocycles. The van der Waals surface area contributed by atoms with Gasteiger partial charge in [-0.15, -0.1) is 0 Å². The molecule has 6 heteroatoms. The van der Waals surface area contributed by atoms with E-state index in [-0.39, 0.29) is 22.1 Å². The van der Waals surface area contributed by atoms with Crippen molar-refractivity contribution < 1.29 is 19.7 Å². The Morgan fingerprint density at radius 1 is 1.29 bits per heavy atom. The van der Waals surface area contributed by atoms with Gasteiger partial charge in [-0.2, -0.15) is 0 Å². The van der Waals surface area contributed by atoms with Crippen LogP contribution < -0.4 is 4.90 Å². The first-order chi connectivity index (χ1) is 6.68. The molecule has 0 aliphatic heterocycles. The molecule has 2 N–H and O–H groups in total. The van der Waals surface area contributed by atoms with Crippen molar-refractivity contribution in [2.75, 3.05) is 0 Å². The Balaban J connectivity index is 2.53. The lowest BCUT2D eigenvalue weighted by atomic mass is 10.1. The predicted octanol–water partition coefficient (Wildman–Crippen LogP) is 0.386. The van der Waals surface area contributed by atoms with Gasteiger partial charge in [-0.05, 0) is 23.1 Å². The van der Waals surface area contributed by atoms with Crippen molar-refractivity contribution in [2.45, 2.75) is 0 Å². The number of nitrogens with zero attached hydrogens (tertiary/aromatic N) is 2. The summed E-state index contributed by atoms with van der Waals surface area (Å²) in [5, 5.41) is 32.5. The maximum atomic E-state index is 11.0. The number of aromatic nitrogens is 2. The Morgan fingerprint density at radius 3 is 2.64 bits per heavy atom. The molecule has 0 aliphatic rings. The number of aromatic hydroxyl groups is 2. The molecule has 0 saturated heterocycles. The van der Waals surface area contributed by atoms with Crippen LogP contribution >= 0.6 is 0 Å². The number of phenols is 2. The Bertz CT molecular complexity index is 466. The van der Waals surface area contributed by atoms with Crippen LogP contribution in [0.4, 0.5) is 0 Å². The van der Waals surface area contributed by atoms with E-state index in [4.69, 9.17) is 5.11 Å². The molecule has 72 valence electrons. The zero-order valence-electron chi connectivity index (χ0n) is 6.91. The first kappa shape index (κ1) is 8.36. The highest BCUT2D eigenvalue weighted by atomic mass is 16.8. The SMILES string of the molecule is [O-][n+]1oncc1-c1ccc(O)c(O)c1. The summed E-state index contributed by atoms with van der Waals surface area (Å²) in [6.45, 7) is 0. The number of benzene rings is 1. The summed E-state index contributed by atoms with van der Waals surface area (Å²) in [5.41, 5.74) is 0.580. The number of hydrogen-bond acceptors (Lipinski definition) is 5. The van der Waals surface area contributed by atoms with E-state index < -0.39 is 0 Å². The summed E-state index contributed by atoms with van der Waals surface area (Å²) >= 11 is 0. The molecule has 14 heavy (non-hydrogen) atoms. The third kappa shape index (κ3) is 1.22. The molecule has 1 heterocycles. The molecule has 0 aliphatic carbocycles. The molecular formula is C8H6N2O4. The van der Waals surface area contributed by atoms with Gasteiger partial charge in [0.25, 0.3) is 0 Å². The summed E-state index contributed by atoms with van der Waals surface area (Å²) in [6, 6.07) is 3.99. The highest BCUT2D eigenvalue weighted by molar-refractivity contribution is 5.60. The fraction of sp³-hybridized carbons (Fsp3) is 0. The van der Waals surface area contributed by atoms with Crippen LogP contribution in [0.3, 0.4) is 0 Å². The molecule has 0 spiro atoms. The fourth-order valence-electron chi connectivity index (χ4n) is 1.07. The van der Waals surface area contributed by atoms with Crippen LogP contribution in [0.25, 0.3) is 11.3 Å². The Labute approximate surface area is 78.2 Å². The smallest absolute Gasteiger partial charge is 0.225 e. The van der Waals surface area contributed by atoms with Crippen LogP contribution in [0.5, 0.6) is 11.5 Å². The molecular weight excluding hydrogens is 188 g/mol. The van der Waals surface area contributed by atoms with E-state index in [1.165, 1.54) is 24.4 Å². The molecule has 0 bridgehead atoms. The predicted molar refractivity (Wildman–Crippen MR) is 44.2 cm³/mol. The van der Waals surface area contributed by atoms with Crippen molar-refractivity contribution in [1.82, 2.24) is 5.16 Å². The molecule has 6 nitrogen and oxygen atoms in total. The van der Waals surface area contributed by atoms with E-state index in [0.29, 0.717) is 5.56 Å². The van der Waals surface area contributed by atoms with Crippen molar-refractivity contribution in [3.8, 4) is 22.8 Å². The Hall–Kier alpha value is -2.24. The summed E-state index contributed by atoms with van der Waals surface area (Å²) < 4.78 is 4.26. The molecule has 0 fully saturated rings. The van der Waals surface area contributed by atoms with Crippen LogP contribution in [-0.4, -0.2) is 15.4 Å². The summed E-state index contributed by atoms with van der Waals surface area (Å²) in [7, 11) is 0. The van der Waals surface area contributed by atoms with Gasteiger partial charge in [-0.1, -0.05) is 0 Å². The minimum absolute atomic E-state index is 0.167. The lowest BCUT2D eigenvalue weighted by molar-refractivity contribution is -0.793. The monoisotopic (exact) mass is 194 g/mol. The molecule has 0 amide bonds. The van der Waals surface area contributed by atoms with E-state index in [0.717, 1.165) is 0 Å². The molecule has 1 aromatic heterocycles. The van der Waals surface area contributed by atoms with Gasteiger partial charge in [0.15, 0.2) is 11.5 Å². The average molecular weight is 194 g/mol. The number of rotatable bonds is 1. The quantitative estimate of drug-likeness (QED) is 0.505. The van der Waals surface area contributed by atoms with Crippen LogP contribution in [0.1, 0.15) is 0 Å². The third-order valence-electron chi connectivity index (χ3n) is 1.76. The lowest BCUT2D eigenvalue weighted by Gasteiger charge is -1.99. The Morgan fingerprint density at radius 2 is 2.07 bits per heavy atom. The minimum atomic E-state index is -0.302. The summed E-state index contributed by atoms with van der Waals surface area (Å²) in [5.74, 6) is -0.550. The average Bonchev–Trinajstić information content (AvgIpc) is 2.57. The number of hydrogen-bond donors (Lipinski definition) is 2. The first-order valence-corrected chi connectivity index (χ1v) is 3.75. The second-order valence-electron chi connectivity index (χ2n) is 2.66. The largest absolute Gasteiger partial charge is 0.504 e. The highest BCUT2D eigenvalue weighted by Gasteiger charge is 2.11. The Kier molecular flexibility index (Phi) is 1.74. The van der Waals surface area contributed by atoms with Crippen molar-refractivity contribution in [3.63, 3.8) is 0 Å². The van der Waals surface area contributed by atoms with Gasteiger partial charge in [-0.3, -0.25) is 4.63 Å². The maximum Gasteiger partial charge on any atom is 0.225 e. The second-order valence-corrected chi connectivity index (χ2v) is 2.66. The normalized spacial score (nSPS) is 10.3. The standard InChI is InChI=1S/C8H6N2O4/c11-7-2-1-5(3-8(7)12)6-4-9-14-10(6)13/h1-4,11-12H. The van der Waals surface area contributed by atoms with Gasteiger partial charge in [0, 0.05) is 10.7 Å². The first-order valence-electron chi connectivity index (χ1n) is 3.75. The lowest BCUT2D eigenvalue weighted by Crippen LogP contribution is -2.24. The fourth-order valence-corrected chi connectivity index (χ4v) is 1.07. The second kappa shape index (κ2) is 2.91. The topological polar surface area (TPSA) is 93.4 Å². The van der Waals surface area contributed by atoms with Gasteiger partial charge in [-0.25, -0.2) is 0 Å². The van der Waals surface area contributed by atoms with Crippen molar-refractivity contribution in [1.29, 1.82) is 0 Å². The van der Waals surface area contributed by atoms with E-state index >= 15 is 0 Å². The molecule has 0 atom stereocenters. The zero-order valence-corrected chi connectivity index (χ0v) is 6.91. The molecule has 0 saturated carbocycles.